The lowest BCUT2D eigenvalue weighted by molar-refractivity contribution is 0.00578. The van der Waals surface area contributed by atoms with Crippen LogP contribution in [0.4, 0.5) is 5.69 Å². The molecule has 0 atom stereocenters. The fraction of sp³-hybridized carbons (Fsp3) is 0.500. The Kier molecular flexibility index (Phi) is 3.63. The van der Waals surface area contributed by atoms with Crippen LogP contribution in [-0.4, -0.2) is 49.7 Å². The van der Waals surface area contributed by atoms with Gasteiger partial charge in [-0.3, -0.25) is 0 Å². The Morgan fingerprint density at radius 1 is 0.800 bits per heavy atom. The summed E-state index contributed by atoms with van der Waals surface area (Å²) in [5.74, 6) is 0. The summed E-state index contributed by atoms with van der Waals surface area (Å²) in [6.45, 7) is 7.74. The maximum Gasteiger partial charge on any atom is 0.496 e. The average Bonchev–Trinajstić information content (AvgIpc) is 2.53. The summed E-state index contributed by atoms with van der Waals surface area (Å²) in [6, 6.07) is 0. The lowest BCUT2D eigenvalue weighted by Crippen LogP contribution is -2.60. The van der Waals surface area contributed by atoms with E-state index in [1.807, 2.05) is 27.7 Å². The monoisotopic (exact) mass is 259 g/mol. The largest absolute Gasteiger partial charge is 0.496 e. The topological polar surface area (TPSA) is 44.5 Å². The number of nitrogen functional groups attached to an aromatic ring is 1. The van der Waals surface area contributed by atoms with Crippen LogP contribution in [0.25, 0.3) is 0 Å². The standard InChI is InChI=1S/C12H14B5NO2/c1-11(2)12(3,4)20-17(19-11)9-7(15)5(13)6(14)8(16)10(9)18/h18H2,1-4H3. The summed E-state index contributed by atoms with van der Waals surface area (Å²) in [5, 5.41) is 0. The van der Waals surface area contributed by atoms with Gasteiger partial charge in [-0.05, 0) is 33.2 Å². The molecule has 1 heterocycles. The first-order valence-corrected chi connectivity index (χ1v) is 6.36. The van der Waals surface area contributed by atoms with E-state index in [4.69, 9.17) is 46.4 Å². The maximum atomic E-state index is 6.01. The van der Waals surface area contributed by atoms with Crippen LogP contribution in [-0.2, 0) is 9.31 Å². The molecule has 0 bridgehead atoms. The molecule has 0 aromatic heterocycles. The number of hydrogen-bond acceptors (Lipinski definition) is 3. The third-order valence-electron chi connectivity index (χ3n) is 4.23. The van der Waals surface area contributed by atoms with Gasteiger partial charge in [0, 0.05) is 5.69 Å². The van der Waals surface area contributed by atoms with Gasteiger partial charge in [-0.2, -0.15) is 0 Å². The minimum Gasteiger partial charge on any atom is -0.400 e. The summed E-state index contributed by atoms with van der Waals surface area (Å²) < 4.78 is 11.9. The van der Waals surface area contributed by atoms with Gasteiger partial charge in [0.25, 0.3) is 0 Å². The van der Waals surface area contributed by atoms with Gasteiger partial charge in [0.1, 0.15) is 31.4 Å². The molecule has 3 nitrogen and oxygen atoms in total. The fourth-order valence-electron chi connectivity index (χ4n) is 2.09. The zero-order valence-corrected chi connectivity index (χ0v) is 12.3. The zero-order valence-electron chi connectivity index (χ0n) is 12.3. The molecule has 2 N–H and O–H groups in total. The summed E-state index contributed by atoms with van der Waals surface area (Å²) in [5.41, 5.74) is 6.48. The molecule has 1 fully saturated rings. The van der Waals surface area contributed by atoms with Crippen LogP contribution >= 0.6 is 0 Å². The lowest BCUT2D eigenvalue weighted by Gasteiger charge is -2.32. The fourth-order valence-corrected chi connectivity index (χ4v) is 2.09. The molecule has 1 aliphatic rings. The van der Waals surface area contributed by atoms with Gasteiger partial charge in [-0.25, -0.2) is 0 Å². The minimum atomic E-state index is -0.731. The molecule has 0 saturated carbocycles. The Morgan fingerprint density at radius 2 is 1.20 bits per heavy atom. The Hall–Kier alpha value is -0.735. The van der Waals surface area contributed by atoms with Crippen LogP contribution in [0.15, 0.2) is 0 Å². The van der Waals surface area contributed by atoms with Crippen molar-refractivity contribution in [2.24, 2.45) is 0 Å². The molecule has 0 amide bonds. The van der Waals surface area contributed by atoms with E-state index in [-0.39, 0.29) is 27.5 Å². The summed E-state index contributed by atoms with van der Waals surface area (Å²) >= 11 is 0. The summed E-state index contributed by atoms with van der Waals surface area (Å²) in [6.07, 6.45) is 0. The van der Waals surface area contributed by atoms with Crippen molar-refractivity contribution in [3.8, 4) is 0 Å². The molecule has 1 aromatic carbocycles. The van der Waals surface area contributed by atoms with Gasteiger partial charge in [-0.1, -0.05) is 5.46 Å². The molecular weight excluding hydrogens is 244 g/mol. The predicted molar refractivity (Wildman–Crippen MR) is 88.1 cm³/mol. The van der Waals surface area contributed by atoms with Crippen LogP contribution in [0.1, 0.15) is 27.7 Å². The van der Waals surface area contributed by atoms with Crippen LogP contribution in [0, 0.1) is 0 Å². The number of benzene rings is 1. The Labute approximate surface area is 126 Å². The molecular formula is C12H14B5NO2. The Bertz CT molecular complexity index is 528. The average molecular weight is 258 g/mol. The smallest absolute Gasteiger partial charge is 0.400 e. The van der Waals surface area contributed by atoms with Crippen molar-refractivity contribution in [1.82, 2.24) is 0 Å². The highest BCUT2D eigenvalue weighted by atomic mass is 16.7. The highest BCUT2D eigenvalue weighted by Crippen LogP contribution is 2.36. The molecule has 0 spiro atoms. The molecule has 0 unspecified atom stereocenters. The highest BCUT2D eigenvalue weighted by Gasteiger charge is 2.52. The van der Waals surface area contributed by atoms with E-state index in [9.17, 15) is 0 Å². The first kappa shape index (κ1) is 15.6. The minimum absolute atomic E-state index is 0.181. The summed E-state index contributed by atoms with van der Waals surface area (Å²) in [7, 11) is 22.8. The van der Waals surface area contributed by atoms with Gasteiger partial charge in [0.2, 0.25) is 0 Å². The van der Waals surface area contributed by atoms with Crippen LogP contribution in [0.5, 0.6) is 0 Å². The molecule has 94 valence electrons. The second kappa shape index (κ2) is 4.64. The SMILES string of the molecule is [B]c1c([B])c([B])c(B2OC(C)(C)C(C)(C)O2)c(N)c1[B]. The van der Waals surface area contributed by atoms with Gasteiger partial charge in [0.05, 0.1) is 11.2 Å². The first-order valence-electron chi connectivity index (χ1n) is 6.36. The number of rotatable bonds is 1. The quantitative estimate of drug-likeness (QED) is 0.425. The molecule has 1 aliphatic heterocycles. The van der Waals surface area contributed by atoms with Crippen LogP contribution < -0.4 is 33.0 Å². The maximum absolute atomic E-state index is 6.01. The first-order chi connectivity index (χ1) is 8.99. The third-order valence-corrected chi connectivity index (χ3v) is 4.23. The number of hydrogen-bond donors (Lipinski definition) is 1. The van der Waals surface area contributed by atoms with Crippen LogP contribution in [0.3, 0.4) is 0 Å². The van der Waals surface area contributed by atoms with Crippen molar-refractivity contribution in [2.45, 2.75) is 38.9 Å². The number of nitrogens with two attached hydrogens (primary N) is 1. The highest BCUT2D eigenvalue weighted by molar-refractivity contribution is 6.75. The molecule has 8 heteroatoms. The van der Waals surface area contributed by atoms with E-state index < -0.39 is 18.3 Å². The molecule has 20 heavy (non-hydrogen) atoms. The molecule has 2 rings (SSSR count). The van der Waals surface area contributed by atoms with E-state index in [2.05, 4.69) is 0 Å². The van der Waals surface area contributed by atoms with Crippen molar-refractivity contribution < 1.29 is 9.31 Å². The van der Waals surface area contributed by atoms with E-state index in [0.717, 1.165) is 0 Å². The van der Waals surface area contributed by atoms with Crippen molar-refractivity contribution in [2.75, 3.05) is 5.73 Å². The van der Waals surface area contributed by atoms with Crippen molar-refractivity contribution >= 4 is 71.5 Å². The third kappa shape index (κ3) is 2.13. The predicted octanol–water partition coefficient (Wildman–Crippen LogP) is -3.26. The van der Waals surface area contributed by atoms with E-state index in [0.29, 0.717) is 5.46 Å². The number of anilines is 1. The van der Waals surface area contributed by atoms with Gasteiger partial charge in [-0.15, -0.1) is 16.4 Å². The van der Waals surface area contributed by atoms with Gasteiger partial charge >= 0.3 is 7.12 Å². The molecule has 0 aliphatic carbocycles. The van der Waals surface area contributed by atoms with Gasteiger partial charge in [0.15, 0.2) is 0 Å². The molecule has 1 saturated heterocycles. The van der Waals surface area contributed by atoms with Crippen molar-refractivity contribution in [1.29, 1.82) is 0 Å². The van der Waals surface area contributed by atoms with E-state index in [1.54, 1.807) is 0 Å². The lowest BCUT2D eigenvalue weighted by atomic mass is 9.58. The second-order valence-corrected chi connectivity index (χ2v) is 6.07. The van der Waals surface area contributed by atoms with Crippen molar-refractivity contribution in [3.05, 3.63) is 0 Å². The second-order valence-electron chi connectivity index (χ2n) is 6.07. The normalized spacial score (nSPS) is 20.3. The van der Waals surface area contributed by atoms with Gasteiger partial charge < -0.3 is 15.0 Å². The van der Waals surface area contributed by atoms with E-state index in [1.165, 1.54) is 0 Å². The Balaban J connectivity index is 2.57. The molecule has 8 radical (unpaired) electrons. The molecule has 1 aromatic rings. The van der Waals surface area contributed by atoms with Crippen LogP contribution in [0.2, 0.25) is 0 Å². The Morgan fingerprint density at radius 3 is 1.65 bits per heavy atom. The van der Waals surface area contributed by atoms with E-state index >= 15 is 0 Å². The zero-order chi connectivity index (χ0) is 15.5. The summed E-state index contributed by atoms with van der Waals surface area (Å²) in [4.78, 5) is 0. The van der Waals surface area contributed by atoms with Crippen molar-refractivity contribution in [3.63, 3.8) is 0 Å².